The molecule has 3 heterocycles. The molecule has 2 aromatic heterocycles. The molecular formula is C26H27FN4O3. The Morgan fingerprint density at radius 2 is 1.85 bits per heavy atom. The van der Waals surface area contributed by atoms with Crippen LogP contribution in [0.4, 0.5) is 4.39 Å². The van der Waals surface area contributed by atoms with Gasteiger partial charge < -0.3 is 14.2 Å². The molecule has 0 saturated carbocycles. The number of carbonyl (C=O) groups excluding carboxylic acids is 1. The molecule has 0 bridgehead atoms. The van der Waals surface area contributed by atoms with E-state index in [1.165, 1.54) is 12.1 Å². The van der Waals surface area contributed by atoms with Gasteiger partial charge in [-0.15, -0.1) is 10.2 Å². The minimum Gasteiger partial charge on any atom is -0.450 e. The van der Waals surface area contributed by atoms with Crippen molar-refractivity contribution in [3.63, 3.8) is 0 Å². The minimum atomic E-state index is -0.377. The number of benzene rings is 2. The van der Waals surface area contributed by atoms with E-state index in [1.807, 2.05) is 44.2 Å². The van der Waals surface area contributed by atoms with Crippen LogP contribution in [0.2, 0.25) is 0 Å². The quantitative estimate of drug-likeness (QED) is 0.440. The van der Waals surface area contributed by atoms with E-state index >= 15 is 0 Å². The zero-order valence-electron chi connectivity index (χ0n) is 19.3. The first-order chi connectivity index (χ1) is 16.5. The fourth-order valence-corrected chi connectivity index (χ4v) is 4.50. The van der Waals surface area contributed by atoms with Gasteiger partial charge in [0, 0.05) is 24.0 Å². The maximum absolute atomic E-state index is 13.1. The molecule has 1 N–H and O–H groups in total. The van der Waals surface area contributed by atoms with Gasteiger partial charge in [0.1, 0.15) is 11.4 Å². The minimum absolute atomic E-state index is 0.0691. The van der Waals surface area contributed by atoms with E-state index in [9.17, 15) is 9.18 Å². The van der Waals surface area contributed by atoms with Gasteiger partial charge in [0.05, 0.1) is 0 Å². The van der Waals surface area contributed by atoms with Gasteiger partial charge in [-0.3, -0.25) is 9.69 Å². The van der Waals surface area contributed by atoms with E-state index in [1.54, 1.807) is 0 Å². The number of carbonyl (C=O) groups is 1. The fourth-order valence-electron chi connectivity index (χ4n) is 4.50. The van der Waals surface area contributed by atoms with Crippen LogP contribution in [0.5, 0.6) is 0 Å². The van der Waals surface area contributed by atoms with E-state index in [-0.39, 0.29) is 23.5 Å². The van der Waals surface area contributed by atoms with Gasteiger partial charge in [-0.05, 0) is 69.0 Å². The molecule has 1 aliphatic rings. The Kier molecular flexibility index (Phi) is 6.15. The molecule has 8 heteroatoms. The van der Waals surface area contributed by atoms with Crippen molar-refractivity contribution in [3.05, 3.63) is 70.9 Å². The Morgan fingerprint density at radius 3 is 2.59 bits per heavy atom. The van der Waals surface area contributed by atoms with Crippen molar-refractivity contribution in [1.82, 2.24) is 20.4 Å². The molecule has 4 aromatic rings. The van der Waals surface area contributed by atoms with Crippen molar-refractivity contribution in [2.75, 3.05) is 19.6 Å². The first kappa shape index (κ1) is 22.3. The van der Waals surface area contributed by atoms with Crippen LogP contribution in [0.15, 0.2) is 51.3 Å². The predicted molar refractivity (Wildman–Crippen MR) is 126 cm³/mol. The smallest absolute Gasteiger partial charge is 0.308 e. The lowest BCUT2D eigenvalue weighted by molar-refractivity contribution is 0.0901. The number of fused-ring (bicyclic) bond motifs is 1. The number of nitrogens with zero attached hydrogens (tertiary/aromatic N) is 3. The van der Waals surface area contributed by atoms with Gasteiger partial charge in [-0.25, -0.2) is 4.39 Å². The molecule has 1 amide bonds. The Bertz CT molecular complexity index is 1300. The van der Waals surface area contributed by atoms with Crippen LogP contribution in [0.25, 0.3) is 22.6 Å². The van der Waals surface area contributed by atoms with Crippen molar-refractivity contribution in [2.24, 2.45) is 5.92 Å². The summed E-state index contributed by atoms with van der Waals surface area (Å²) in [4.78, 5) is 15.0. The zero-order valence-corrected chi connectivity index (χ0v) is 19.3. The van der Waals surface area contributed by atoms with E-state index < -0.39 is 0 Å². The lowest BCUT2D eigenvalue weighted by Gasteiger charge is -2.32. The molecule has 176 valence electrons. The van der Waals surface area contributed by atoms with Gasteiger partial charge in [-0.1, -0.05) is 30.3 Å². The van der Waals surface area contributed by atoms with Crippen LogP contribution < -0.4 is 5.32 Å². The standard InChI is InChI=1S/C26H27FN4O3/c1-16-4-3-5-21-17(2)23(33-22(16)21)25-29-30-26(34-25)24(32)28-14-18-10-12-31(13-11-18)15-19-6-8-20(27)9-7-19/h3-9,18H,10-15H2,1-2H3,(H,28,32). The average molecular weight is 463 g/mol. The number of aryl methyl sites for hydroxylation is 2. The van der Waals surface area contributed by atoms with Crippen molar-refractivity contribution in [2.45, 2.75) is 33.2 Å². The van der Waals surface area contributed by atoms with Gasteiger partial charge in [0.2, 0.25) is 0 Å². The first-order valence-corrected chi connectivity index (χ1v) is 11.6. The molecule has 2 aromatic carbocycles. The highest BCUT2D eigenvalue weighted by Crippen LogP contribution is 2.33. The van der Waals surface area contributed by atoms with Gasteiger partial charge in [0.15, 0.2) is 5.76 Å². The molecule has 34 heavy (non-hydrogen) atoms. The molecule has 0 unspecified atom stereocenters. The van der Waals surface area contributed by atoms with Crippen molar-refractivity contribution in [1.29, 1.82) is 0 Å². The highest BCUT2D eigenvalue weighted by molar-refractivity contribution is 5.90. The van der Waals surface area contributed by atoms with E-state index in [4.69, 9.17) is 8.83 Å². The van der Waals surface area contributed by atoms with Crippen LogP contribution >= 0.6 is 0 Å². The largest absolute Gasteiger partial charge is 0.450 e. The van der Waals surface area contributed by atoms with Crippen LogP contribution in [0, 0.1) is 25.6 Å². The lowest BCUT2D eigenvalue weighted by Crippen LogP contribution is -2.38. The number of halogens is 1. The third-order valence-electron chi connectivity index (χ3n) is 6.55. The summed E-state index contributed by atoms with van der Waals surface area (Å²) in [5, 5.41) is 11.9. The van der Waals surface area contributed by atoms with Crippen LogP contribution in [-0.4, -0.2) is 40.6 Å². The molecule has 0 spiro atoms. The number of likely N-dealkylation sites (tertiary alicyclic amines) is 1. The monoisotopic (exact) mass is 462 g/mol. The van der Waals surface area contributed by atoms with Crippen LogP contribution in [-0.2, 0) is 6.54 Å². The number of para-hydroxylation sites is 1. The number of piperidine rings is 1. The summed E-state index contributed by atoms with van der Waals surface area (Å²) in [5.74, 6) is 0.417. The van der Waals surface area contributed by atoms with Crippen molar-refractivity contribution >= 4 is 16.9 Å². The first-order valence-electron chi connectivity index (χ1n) is 11.6. The number of rotatable bonds is 6. The summed E-state index contributed by atoms with van der Waals surface area (Å²) in [7, 11) is 0. The molecule has 5 rings (SSSR count). The molecule has 1 fully saturated rings. The van der Waals surface area contributed by atoms with E-state index in [0.717, 1.165) is 60.1 Å². The molecule has 0 atom stereocenters. The molecule has 7 nitrogen and oxygen atoms in total. The number of nitrogens with one attached hydrogen (secondary N) is 1. The molecule has 0 radical (unpaired) electrons. The fraction of sp³-hybridized carbons (Fsp3) is 0.346. The topological polar surface area (TPSA) is 84.4 Å². The number of furan rings is 1. The van der Waals surface area contributed by atoms with Crippen LogP contribution in [0.1, 0.15) is 40.2 Å². The van der Waals surface area contributed by atoms with Gasteiger partial charge >= 0.3 is 11.8 Å². The zero-order chi connectivity index (χ0) is 23.7. The Hall–Kier alpha value is -3.52. The normalized spacial score (nSPS) is 15.1. The second-order valence-corrected chi connectivity index (χ2v) is 8.98. The second kappa shape index (κ2) is 9.38. The number of hydrogen-bond acceptors (Lipinski definition) is 6. The molecule has 1 saturated heterocycles. The number of hydrogen-bond donors (Lipinski definition) is 1. The highest BCUT2D eigenvalue weighted by Gasteiger charge is 2.24. The highest BCUT2D eigenvalue weighted by atomic mass is 19.1. The summed E-state index contributed by atoms with van der Waals surface area (Å²) in [6.45, 7) is 7.16. The Morgan fingerprint density at radius 1 is 1.09 bits per heavy atom. The Balaban J connectivity index is 1.15. The maximum Gasteiger partial charge on any atom is 0.308 e. The SMILES string of the molecule is Cc1c(-c2nnc(C(=O)NCC3CCN(Cc4ccc(F)cc4)CC3)o2)oc2c(C)cccc12. The number of aromatic nitrogens is 2. The summed E-state index contributed by atoms with van der Waals surface area (Å²) >= 11 is 0. The van der Waals surface area contributed by atoms with Crippen molar-refractivity contribution in [3.8, 4) is 11.7 Å². The number of amides is 1. The predicted octanol–water partition coefficient (Wildman–Crippen LogP) is 4.88. The molecule has 1 aliphatic heterocycles. The van der Waals surface area contributed by atoms with Gasteiger partial charge in [0.25, 0.3) is 5.89 Å². The average Bonchev–Trinajstić information content (AvgIpc) is 3.46. The summed E-state index contributed by atoms with van der Waals surface area (Å²) in [6, 6.07) is 12.6. The third-order valence-corrected chi connectivity index (χ3v) is 6.55. The lowest BCUT2D eigenvalue weighted by atomic mass is 9.96. The molecule has 0 aliphatic carbocycles. The second-order valence-electron chi connectivity index (χ2n) is 8.98. The third kappa shape index (κ3) is 4.59. The van der Waals surface area contributed by atoms with E-state index in [0.29, 0.717) is 18.2 Å². The van der Waals surface area contributed by atoms with Gasteiger partial charge in [-0.2, -0.15) is 0 Å². The Labute approximate surface area is 197 Å². The van der Waals surface area contributed by atoms with Crippen LogP contribution in [0.3, 0.4) is 0 Å². The van der Waals surface area contributed by atoms with Crippen molar-refractivity contribution < 1.29 is 18.0 Å². The maximum atomic E-state index is 13.1. The summed E-state index contributed by atoms with van der Waals surface area (Å²) in [5.41, 5.74) is 3.81. The summed E-state index contributed by atoms with van der Waals surface area (Å²) in [6.07, 6.45) is 1.96. The van der Waals surface area contributed by atoms with E-state index in [2.05, 4.69) is 20.4 Å². The summed E-state index contributed by atoms with van der Waals surface area (Å²) < 4.78 is 24.7. The molecular weight excluding hydrogens is 435 g/mol.